The topological polar surface area (TPSA) is 79.2 Å². The van der Waals surface area contributed by atoms with Crippen LogP contribution in [0.25, 0.3) is 0 Å². The number of aromatic nitrogens is 2. The van der Waals surface area contributed by atoms with Gasteiger partial charge in [-0.1, -0.05) is 13.8 Å². The van der Waals surface area contributed by atoms with Gasteiger partial charge in [0.15, 0.2) is 0 Å². The van der Waals surface area contributed by atoms with E-state index in [4.69, 9.17) is 5.11 Å². The molecule has 0 radical (unpaired) electrons. The van der Waals surface area contributed by atoms with Crippen LogP contribution in [0, 0.1) is 5.92 Å². The first-order valence-electron chi connectivity index (χ1n) is 6.47. The van der Waals surface area contributed by atoms with E-state index in [0.29, 0.717) is 11.1 Å². The number of hydrogen-bond donors (Lipinski definition) is 3. The number of carbonyl (C=O) groups is 1. The molecule has 0 spiro atoms. The molecule has 0 saturated heterocycles. The van der Waals surface area contributed by atoms with Gasteiger partial charge in [-0.15, -0.1) is 0 Å². The molecule has 0 unspecified atom stereocenters. The normalized spacial score (nSPS) is 13.3. The van der Waals surface area contributed by atoms with Crippen LogP contribution in [-0.2, 0) is 6.54 Å². The smallest absolute Gasteiger partial charge is 0.394 e. The predicted molar refractivity (Wildman–Crippen MR) is 70.8 cm³/mol. The van der Waals surface area contributed by atoms with Crippen LogP contribution in [0.4, 0.5) is 23.7 Å². The van der Waals surface area contributed by atoms with Gasteiger partial charge in [0.05, 0.1) is 24.5 Å². The highest BCUT2D eigenvalue weighted by Gasteiger charge is 2.28. The zero-order valence-electron chi connectivity index (χ0n) is 11.8. The number of alkyl halides is 3. The van der Waals surface area contributed by atoms with Crippen LogP contribution in [-0.4, -0.2) is 39.7 Å². The summed E-state index contributed by atoms with van der Waals surface area (Å²) in [5.41, 5.74) is 0.151. The minimum Gasteiger partial charge on any atom is -0.394 e. The maximum absolute atomic E-state index is 12.2. The fraction of sp³-hybridized carbons (Fsp3) is 0.667. The first kappa shape index (κ1) is 17.3. The lowest BCUT2D eigenvalue weighted by molar-refractivity contribution is -0.142. The van der Waals surface area contributed by atoms with Crippen LogP contribution < -0.4 is 10.6 Å². The van der Waals surface area contributed by atoms with Crippen LogP contribution in [0.2, 0.25) is 0 Å². The Kier molecular flexibility index (Phi) is 6.01. The van der Waals surface area contributed by atoms with Crippen LogP contribution in [0.5, 0.6) is 0 Å². The van der Waals surface area contributed by atoms with Crippen molar-refractivity contribution in [2.75, 3.05) is 11.9 Å². The predicted octanol–water partition coefficient (Wildman–Crippen LogP) is 1.97. The lowest BCUT2D eigenvalue weighted by Crippen LogP contribution is -2.40. The zero-order valence-corrected chi connectivity index (χ0v) is 11.8. The molecule has 0 aliphatic carbocycles. The third kappa shape index (κ3) is 6.98. The van der Waals surface area contributed by atoms with E-state index in [-0.39, 0.29) is 18.2 Å². The van der Waals surface area contributed by atoms with Gasteiger partial charge in [0, 0.05) is 6.20 Å². The number of carbonyl (C=O) groups excluding carboxylic acids is 1. The summed E-state index contributed by atoms with van der Waals surface area (Å²) in [6.45, 7) is 2.47. The fourth-order valence-corrected chi connectivity index (χ4v) is 1.80. The average Bonchev–Trinajstić information content (AvgIpc) is 2.72. The van der Waals surface area contributed by atoms with Crippen molar-refractivity contribution in [2.24, 2.45) is 5.92 Å². The van der Waals surface area contributed by atoms with E-state index >= 15 is 0 Å². The van der Waals surface area contributed by atoms with E-state index in [1.54, 1.807) is 0 Å². The Bertz CT molecular complexity index is 460. The minimum absolute atomic E-state index is 0.151. The Morgan fingerprint density at radius 2 is 2.14 bits per heavy atom. The van der Waals surface area contributed by atoms with Crippen molar-refractivity contribution in [3.63, 3.8) is 0 Å². The first-order valence-corrected chi connectivity index (χ1v) is 6.47. The Balaban J connectivity index is 2.51. The summed E-state index contributed by atoms with van der Waals surface area (Å²) in [5.74, 6) is 0.289. The molecule has 21 heavy (non-hydrogen) atoms. The SMILES string of the molecule is CC(C)C[C@H](CO)NC(=O)Nc1cnn(CC(F)(F)F)c1. The maximum atomic E-state index is 12.2. The number of anilines is 1. The number of rotatable bonds is 6. The molecule has 0 aromatic carbocycles. The van der Waals surface area contributed by atoms with Crippen LogP contribution in [0.3, 0.4) is 0 Å². The Morgan fingerprint density at radius 3 is 2.67 bits per heavy atom. The van der Waals surface area contributed by atoms with E-state index in [1.165, 1.54) is 0 Å². The van der Waals surface area contributed by atoms with Gasteiger partial charge in [-0.25, -0.2) is 4.79 Å². The molecule has 0 fully saturated rings. The second-order valence-electron chi connectivity index (χ2n) is 5.15. The zero-order chi connectivity index (χ0) is 16.0. The number of aliphatic hydroxyl groups excluding tert-OH is 1. The van der Waals surface area contributed by atoms with E-state index in [9.17, 15) is 18.0 Å². The number of amides is 2. The third-order valence-corrected chi connectivity index (χ3v) is 2.54. The summed E-state index contributed by atoms with van der Waals surface area (Å²) >= 11 is 0. The van der Waals surface area contributed by atoms with Crippen molar-refractivity contribution in [1.29, 1.82) is 0 Å². The summed E-state index contributed by atoms with van der Waals surface area (Å²) in [6.07, 6.45) is -1.56. The van der Waals surface area contributed by atoms with Crippen molar-refractivity contribution in [3.8, 4) is 0 Å². The van der Waals surface area contributed by atoms with Crippen molar-refractivity contribution in [3.05, 3.63) is 12.4 Å². The summed E-state index contributed by atoms with van der Waals surface area (Å²) < 4.78 is 37.2. The van der Waals surface area contributed by atoms with Crippen LogP contribution >= 0.6 is 0 Å². The summed E-state index contributed by atoms with van der Waals surface area (Å²) in [7, 11) is 0. The van der Waals surface area contributed by atoms with Crippen molar-refractivity contribution >= 4 is 11.7 Å². The van der Waals surface area contributed by atoms with Gasteiger partial charge in [0.2, 0.25) is 0 Å². The third-order valence-electron chi connectivity index (χ3n) is 2.54. The average molecular weight is 308 g/mol. The molecule has 120 valence electrons. The van der Waals surface area contributed by atoms with Gasteiger partial charge >= 0.3 is 12.2 Å². The molecule has 3 N–H and O–H groups in total. The molecule has 0 bridgehead atoms. The molecule has 6 nitrogen and oxygen atoms in total. The highest BCUT2D eigenvalue weighted by molar-refractivity contribution is 5.89. The fourth-order valence-electron chi connectivity index (χ4n) is 1.80. The number of aliphatic hydroxyl groups is 1. The molecule has 1 heterocycles. The number of nitrogens with zero attached hydrogens (tertiary/aromatic N) is 2. The van der Waals surface area contributed by atoms with E-state index in [1.807, 2.05) is 13.8 Å². The lowest BCUT2D eigenvalue weighted by Gasteiger charge is -2.18. The van der Waals surface area contributed by atoms with E-state index < -0.39 is 24.8 Å². The van der Waals surface area contributed by atoms with E-state index in [0.717, 1.165) is 12.4 Å². The van der Waals surface area contributed by atoms with Gasteiger partial charge in [-0.2, -0.15) is 18.3 Å². The quantitative estimate of drug-likeness (QED) is 0.752. The molecule has 9 heteroatoms. The van der Waals surface area contributed by atoms with Crippen LogP contribution in [0.1, 0.15) is 20.3 Å². The van der Waals surface area contributed by atoms with Gasteiger partial charge in [0.25, 0.3) is 0 Å². The Hall–Kier alpha value is -1.77. The number of hydrogen-bond acceptors (Lipinski definition) is 3. The number of urea groups is 1. The second kappa shape index (κ2) is 7.30. The second-order valence-corrected chi connectivity index (χ2v) is 5.15. The van der Waals surface area contributed by atoms with Gasteiger partial charge in [0.1, 0.15) is 6.54 Å². The maximum Gasteiger partial charge on any atom is 0.408 e. The van der Waals surface area contributed by atoms with Gasteiger partial charge < -0.3 is 15.7 Å². The van der Waals surface area contributed by atoms with Gasteiger partial charge in [-0.05, 0) is 12.3 Å². The number of halogens is 3. The molecular formula is C12H19F3N4O2. The minimum atomic E-state index is -4.37. The summed E-state index contributed by atoms with van der Waals surface area (Å²) in [6, 6.07) is -1.00. The highest BCUT2D eigenvalue weighted by atomic mass is 19.4. The first-order chi connectivity index (χ1) is 9.69. The van der Waals surface area contributed by atoms with Gasteiger partial charge in [-0.3, -0.25) is 4.68 Å². The molecule has 0 saturated carbocycles. The standard InChI is InChI=1S/C12H19F3N4O2/c1-8(2)3-9(6-20)17-11(21)18-10-4-16-19(5-10)7-12(13,14)15/h4-5,8-9,20H,3,6-7H2,1-2H3,(H2,17,18,21)/t9-/m1/s1. The highest BCUT2D eigenvalue weighted by Crippen LogP contribution is 2.18. The van der Waals surface area contributed by atoms with Crippen molar-refractivity contribution < 1.29 is 23.1 Å². The molecule has 1 atom stereocenters. The molecule has 0 aliphatic rings. The molecule has 1 aromatic heterocycles. The largest absolute Gasteiger partial charge is 0.408 e. The van der Waals surface area contributed by atoms with Crippen LogP contribution in [0.15, 0.2) is 12.4 Å². The lowest BCUT2D eigenvalue weighted by atomic mass is 10.0. The monoisotopic (exact) mass is 308 g/mol. The Morgan fingerprint density at radius 1 is 1.48 bits per heavy atom. The molecule has 2 amide bonds. The Labute approximate surface area is 120 Å². The summed E-state index contributed by atoms with van der Waals surface area (Å²) in [4.78, 5) is 11.7. The van der Waals surface area contributed by atoms with E-state index in [2.05, 4.69) is 15.7 Å². The van der Waals surface area contributed by atoms with Crippen molar-refractivity contribution in [2.45, 2.75) is 39.0 Å². The molecule has 1 rings (SSSR count). The molecule has 1 aromatic rings. The number of nitrogens with one attached hydrogen (secondary N) is 2. The van der Waals surface area contributed by atoms with Crippen molar-refractivity contribution in [1.82, 2.24) is 15.1 Å². The molecular weight excluding hydrogens is 289 g/mol. The summed E-state index contributed by atoms with van der Waals surface area (Å²) in [5, 5.41) is 17.6. The molecule has 0 aliphatic heterocycles.